The third-order valence-electron chi connectivity index (χ3n) is 23.0. The van der Waals surface area contributed by atoms with E-state index in [1.807, 2.05) is 55.4 Å². The van der Waals surface area contributed by atoms with Gasteiger partial charge in [-0.2, -0.15) is 0 Å². The van der Waals surface area contributed by atoms with Gasteiger partial charge in [0.1, 0.15) is 31.5 Å². The van der Waals surface area contributed by atoms with Gasteiger partial charge in [-0.15, -0.1) is 0 Å². The Labute approximate surface area is 729 Å². The van der Waals surface area contributed by atoms with E-state index in [2.05, 4.69) is 128 Å². The topological polar surface area (TPSA) is 183 Å². The van der Waals surface area contributed by atoms with Gasteiger partial charge >= 0.3 is 35.8 Å². The molecule has 0 aliphatic rings. The summed E-state index contributed by atoms with van der Waals surface area (Å²) in [5.74, 6) is -1.87. The molecule has 0 aliphatic carbocycles. The van der Waals surface area contributed by atoms with Crippen LogP contribution in [0.15, 0.2) is 97.1 Å². The van der Waals surface area contributed by atoms with E-state index in [9.17, 15) is 28.8 Å². The van der Waals surface area contributed by atoms with Crippen molar-refractivity contribution in [2.75, 3.05) is 67.2 Å². The summed E-state index contributed by atoms with van der Waals surface area (Å²) < 4.78 is 50.6. The molecule has 4 unspecified atom stereocenters. The number of esters is 6. The van der Waals surface area contributed by atoms with Gasteiger partial charge in [0.05, 0.1) is 6.10 Å². The molecular weight excluding hydrogens is 1500 g/mol. The molecule has 16 nitrogen and oxygen atoms in total. The van der Waals surface area contributed by atoms with Crippen LogP contribution in [0.25, 0.3) is 0 Å². The molecule has 16 heteroatoms. The third-order valence-corrected chi connectivity index (χ3v) is 23.0. The lowest BCUT2D eigenvalue weighted by Gasteiger charge is -2.32. The highest BCUT2D eigenvalue weighted by molar-refractivity contribution is 5.72. The van der Waals surface area contributed by atoms with Crippen molar-refractivity contribution in [2.45, 2.75) is 407 Å². The molecule has 4 atom stereocenters. The first-order valence-electron chi connectivity index (χ1n) is 48.3. The molecule has 0 saturated carbocycles. The predicted octanol–water partition coefficient (Wildman–Crippen LogP) is 23.9. The van der Waals surface area contributed by atoms with E-state index < -0.39 is 48.8 Å². The Morgan fingerprint density at radius 2 is 0.583 bits per heavy atom. The van der Waals surface area contributed by atoms with Gasteiger partial charge in [-0.05, 0) is 219 Å². The smallest absolute Gasteiger partial charge is 0.306 e. The molecule has 0 radical (unpaired) electrons. The second-order valence-electron chi connectivity index (χ2n) is 34.9. The number of carbonyl (C=O) groups is 6. The Morgan fingerprint density at radius 3 is 0.925 bits per heavy atom. The molecular formula is C104H168N2O14. The van der Waals surface area contributed by atoms with Crippen molar-refractivity contribution in [3.8, 4) is 0 Å². The van der Waals surface area contributed by atoms with E-state index in [0.29, 0.717) is 64.0 Å². The number of hydrogen-bond donors (Lipinski definition) is 0. The second kappa shape index (κ2) is 68.9. The lowest BCUT2D eigenvalue weighted by atomic mass is 9.98. The molecule has 4 aromatic carbocycles. The molecule has 4 aromatic rings. The van der Waals surface area contributed by atoms with Crippen LogP contribution in [0.2, 0.25) is 0 Å². The first-order valence-corrected chi connectivity index (χ1v) is 48.3. The summed E-state index contributed by atoms with van der Waals surface area (Å²) in [5, 5.41) is 0. The van der Waals surface area contributed by atoms with Crippen LogP contribution in [0.5, 0.6) is 0 Å². The minimum atomic E-state index is -1.25. The summed E-state index contributed by atoms with van der Waals surface area (Å²) in [6, 6.07) is 33.1. The Morgan fingerprint density at radius 1 is 0.292 bits per heavy atom. The van der Waals surface area contributed by atoms with Crippen molar-refractivity contribution in [3.05, 3.63) is 142 Å². The summed E-state index contributed by atoms with van der Waals surface area (Å²) in [5.41, 5.74) is 8.80. The van der Waals surface area contributed by atoms with Gasteiger partial charge in [-0.3, -0.25) is 28.8 Å². The number of rotatable bonds is 76. The maximum atomic E-state index is 14.4. The average molecular weight is 1670 g/mol. The molecule has 0 spiro atoms. The maximum Gasteiger partial charge on any atom is 0.306 e. The summed E-state index contributed by atoms with van der Waals surface area (Å²) in [4.78, 5) is 87.4. The minimum absolute atomic E-state index is 0.00207. The van der Waals surface area contributed by atoms with Gasteiger partial charge in [-0.1, -0.05) is 287 Å². The number of nitrogens with zero attached hydrogens (tertiary/aromatic N) is 2. The molecule has 120 heavy (non-hydrogen) atoms. The van der Waals surface area contributed by atoms with Gasteiger partial charge < -0.3 is 47.7 Å². The molecule has 0 aliphatic heterocycles. The van der Waals surface area contributed by atoms with Crippen molar-refractivity contribution in [2.24, 2.45) is 5.92 Å². The Hall–Kier alpha value is -6.46. The van der Waals surface area contributed by atoms with E-state index in [1.54, 1.807) is 0 Å². The van der Waals surface area contributed by atoms with E-state index in [-0.39, 0.29) is 69.1 Å². The third kappa shape index (κ3) is 52.9. The highest BCUT2D eigenvalue weighted by atomic mass is 16.6. The van der Waals surface area contributed by atoms with E-state index in [4.69, 9.17) is 37.9 Å². The van der Waals surface area contributed by atoms with Gasteiger partial charge in [0.2, 0.25) is 0 Å². The molecule has 0 fully saturated rings. The summed E-state index contributed by atoms with van der Waals surface area (Å²) in [6.07, 6.45) is 40.4. The standard InChI is InChI=1S/C104H168N2O14/c1-12-19-23-27-31-46-94(47-32-28-24-20-13-2)117-100(109)50-37-35-44-93(45-36-38-51-101(110)118-95(48-33-29-25-21-14-3)49-34-30-26-22-15-4)113-78-40-77-106(11)81-84(8)80-92-66-64-91(65-67-92)71-75-103(112)120-97(83-116-99(108)73-69-89-60-54-86(42-17-6)55-61-89)104(114-79-39-76-105(9)10)96(119-102(111)74-70-90-62-56-87(43-18-7)57-63-90)82-115-98(107)72-68-88-58-52-85(41-16-5)53-59-88/h52-67,84,93-97,104H,12-51,68-83H2,1-11H3. The van der Waals surface area contributed by atoms with Crippen molar-refractivity contribution in [3.63, 3.8) is 0 Å². The first kappa shape index (κ1) is 106. The Bertz CT molecular complexity index is 3150. The number of unbranched alkanes of at least 4 members (excludes halogenated alkanes) is 18. The van der Waals surface area contributed by atoms with Crippen molar-refractivity contribution < 1.29 is 66.7 Å². The van der Waals surface area contributed by atoms with E-state index in [1.165, 1.54) is 125 Å². The molecule has 4 rings (SSSR count). The number of ether oxygens (including phenoxy) is 8. The highest BCUT2D eigenvalue weighted by Gasteiger charge is 2.38. The molecule has 0 aromatic heterocycles. The zero-order valence-electron chi connectivity index (χ0n) is 77.5. The van der Waals surface area contributed by atoms with E-state index in [0.717, 1.165) is 177 Å². The molecule has 0 N–H and O–H groups in total. The summed E-state index contributed by atoms with van der Waals surface area (Å²) in [7, 11) is 6.11. The fourth-order valence-electron chi connectivity index (χ4n) is 15.9. The fourth-order valence-corrected chi connectivity index (χ4v) is 15.9. The lowest BCUT2D eigenvalue weighted by molar-refractivity contribution is -0.193. The van der Waals surface area contributed by atoms with Crippen LogP contribution in [0.3, 0.4) is 0 Å². The van der Waals surface area contributed by atoms with Crippen LogP contribution in [0.1, 0.15) is 363 Å². The Balaban J connectivity index is 1.44. The van der Waals surface area contributed by atoms with Crippen LogP contribution in [-0.2, 0) is 118 Å². The van der Waals surface area contributed by atoms with Gasteiger partial charge in [0, 0.05) is 64.8 Å². The molecule has 0 heterocycles. The van der Waals surface area contributed by atoms with Crippen LogP contribution in [0.4, 0.5) is 0 Å². The van der Waals surface area contributed by atoms with Crippen LogP contribution in [-0.4, -0.2) is 149 Å². The molecule has 678 valence electrons. The SMILES string of the molecule is CCCCCCCC(CCCCCCC)OC(=O)CCCCC(CCCCC(=O)OC(CCCCCCC)CCCCCCC)OCCCN(C)CC(C)Cc1ccc(CCC(=O)OC(COC(=O)CCc2ccc(CCC)cc2)C(OCCCN(C)C)C(COC(=O)CCc2ccc(CCC)cc2)OC(=O)CCc2ccc(CCC)cc2)cc1. The first-order chi connectivity index (χ1) is 58.3. The summed E-state index contributed by atoms with van der Waals surface area (Å²) in [6.45, 7) is 20.2. The van der Waals surface area contributed by atoms with Gasteiger partial charge in [-0.25, -0.2) is 0 Å². The monoisotopic (exact) mass is 1670 g/mol. The van der Waals surface area contributed by atoms with E-state index >= 15 is 0 Å². The number of hydrogen-bond acceptors (Lipinski definition) is 16. The fraction of sp³-hybridized carbons (Fsp3) is 0.712. The largest absolute Gasteiger partial charge is 0.462 e. The highest BCUT2D eigenvalue weighted by Crippen LogP contribution is 2.26. The second-order valence-corrected chi connectivity index (χ2v) is 34.9. The quantitative estimate of drug-likeness (QED) is 0.0231. The summed E-state index contributed by atoms with van der Waals surface area (Å²) >= 11 is 0. The molecule has 0 bridgehead atoms. The van der Waals surface area contributed by atoms with Crippen molar-refractivity contribution >= 4 is 35.8 Å². The molecule has 0 amide bonds. The van der Waals surface area contributed by atoms with Crippen LogP contribution < -0.4 is 0 Å². The van der Waals surface area contributed by atoms with Crippen LogP contribution >= 0.6 is 0 Å². The van der Waals surface area contributed by atoms with Crippen LogP contribution in [0, 0.1) is 5.92 Å². The average Bonchev–Trinajstić information content (AvgIpc) is 0.846. The molecule has 0 saturated heterocycles. The number of aryl methyl sites for hydroxylation is 7. The number of carbonyl (C=O) groups excluding carboxylic acids is 6. The Kier molecular flexibility index (Phi) is 60.8. The van der Waals surface area contributed by atoms with Gasteiger partial charge in [0.15, 0.2) is 12.2 Å². The van der Waals surface area contributed by atoms with Crippen molar-refractivity contribution in [1.29, 1.82) is 0 Å². The zero-order chi connectivity index (χ0) is 86.8. The normalized spacial score (nSPS) is 12.7. The maximum absolute atomic E-state index is 14.4. The zero-order valence-corrected chi connectivity index (χ0v) is 77.5. The van der Waals surface area contributed by atoms with Gasteiger partial charge in [0.25, 0.3) is 0 Å². The number of benzene rings is 4. The lowest BCUT2D eigenvalue weighted by Crippen LogP contribution is -2.49. The minimum Gasteiger partial charge on any atom is -0.462 e. The predicted molar refractivity (Wildman–Crippen MR) is 491 cm³/mol. The van der Waals surface area contributed by atoms with Crippen molar-refractivity contribution in [1.82, 2.24) is 9.80 Å².